The van der Waals surface area contributed by atoms with Gasteiger partial charge in [0.25, 0.3) is 5.91 Å². The van der Waals surface area contributed by atoms with E-state index in [2.05, 4.69) is 6.92 Å². The number of aliphatic hydroxyl groups is 1. The zero-order valence-corrected chi connectivity index (χ0v) is 11.3. The third-order valence-corrected chi connectivity index (χ3v) is 3.26. The normalized spacial score (nSPS) is 19.3. The molecule has 1 fully saturated rings. The van der Waals surface area contributed by atoms with E-state index in [1.54, 1.807) is 17.0 Å². The lowest BCUT2D eigenvalue weighted by Gasteiger charge is -2.30. The molecule has 1 aliphatic heterocycles. The first-order valence-corrected chi connectivity index (χ1v) is 6.91. The number of β-amino-alcohol motifs (C(OH)–C–C–N with tert-alkyl or cyclic N) is 1. The molecule has 0 saturated carbocycles. The topological polar surface area (TPSA) is 49.8 Å². The summed E-state index contributed by atoms with van der Waals surface area (Å²) in [6.45, 7) is 3.90. The maximum atomic E-state index is 12.2. The molecule has 19 heavy (non-hydrogen) atoms. The first kappa shape index (κ1) is 13.9. The van der Waals surface area contributed by atoms with Crippen LogP contribution in [-0.2, 0) is 0 Å². The Labute approximate surface area is 114 Å². The van der Waals surface area contributed by atoms with Gasteiger partial charge in [0, 0.05) is 18.7 Å². The van der Waals surface area contributed by atoms with Gasteiger partial charge in [-0.15, -0.1) is 0 Å². The van der Waals surface area contributed by atoms with Crippen LogP contribution in [0.1, 0.15) is 36.5 Å². The predicted molar refractivity (Wildman–Crippen MR) is 73.4 cm³/mol. The van der Waals surface area contributed by atoms with Crippen LogP contribution in [0.4, 0.5) is 0 Å². The molecule has 4 heteroatoms. The molecule has 1 heterocycles. The number of likely N-dealkylation sites (tertiary alicyclic amines) is 1. The van der Waals surface area contributed by atoms with Gasteiger partial charge in [0.1, 0.15) is 5.75 Å². The van der Waals surface area contributed by atoms with Gasteiger partial charge in [-0.05, 0) is 43.5 Å². The second kappa shape index (κ2) is 6.57. The van der Waals surface area contributed by atoms with E-state index in [9.17, 15) is 9.90 Å². The van der Waals surface area contributed by atoms with Crippen LogP contribution in [-0.4, -0.2) is 41.7 Å². The molecule has 0 radical (unpaired) electrons. The molecular weight excluding hydrogens is 242 g/mol. The molecule has 1 aromatic carbocycles. The molecule has 0 spiro atoms. The Morgan fingerprint density at radius 1 is 1.42 bits per heavy atom. The van der Waals surface area contributed by atoms with Crippen molar-refractivity contribution in [1.29, 1.82) is 0 Å². The fourth-order valence-corrected chi connectivity index (χ4v) is 2.24. The van der Waals surface area contributed by atoms with Crippen molar-refractivity contribution < 1.29 is 14.6 Å². The zero-order valence-electron chi connectivity index (χ0n) is 11.3. The first-order chi connectivity index (χ1) is 9.20. The van der Waals surface area contributed by atoms with E-state index in [4.69, 9.17) is 4.74 Å². The standard InChI is InChI=1S/C15H21NO3/c1-2-10-19-14-7-5-12(6-8-14)15(18)16-9-3-4-13(17)11-16/h5-8,13,17H,2-4,9-11H2,1H3. The summed E-state index contributed by atoms with van der Waals surface area (Å²) in [6.07, 6.45) is 2.23. The number of amides is 1. The maximum Gasteiger partial charge on any atom is 0.253 e. The van der Waals surface area contributed by atoms with E-state index < -0.39 is 0 Å². The van der Waals surface area contributed by atoms with Crippen molar-refractivity contribution in [2.75, 3.05) is 19.7 Å². The van der Waals surface area contributed by atoms with Gasteiger partial charge in [-0.1, -0.05) is 6.92 Å². The van der Waals surface area contributed by atoms with E-state index in [0.29, 0.717) is 18.7 Å². The van der Waals surface area contributed by atoms with Crippen LogP contribution in [0, 0.1) is 0 Å². The van der Waals surface area contributed by atoms with Gasteiger partial charge in [0.05, 0.1) is 12.7 Å². The van der Waals surface area contributed by atoms with Crippen LogP contribution in [0.5, 0.6) is 5.75 Å². The van der Waals surface area contributed by atoms with Gasteiger partial charge >= 0.3 is 0 Å². The lowest BCUT2D eigenvalue weighted by molar-refractivity contribution is 0.0473. The Morgan fingerprint density at radius 2 is 2.16 bits per heavy atom. The predicted octanol–water partition coefficient (Wildman–Crippen LogP) is 2.07. The average molecular weight is 263 g/mol. The minimum Gasteiger partial charge on any atom is -0.494 e. The molecule has 0 bridgehead atoms. The highest BCUT2D eigenvalue weighted by Crippen LogP contribution is 2.17. The summed E-state index contributed by atoms with van der Waals surface area (Å²) in [4.78, 5) is 14.0. The van der Waals surface area contributed by atoms with E-state index in [1.807, 2.05) is 12.1 Å². The summed E-state index contributed by atoms with van der Waals surface area (Å²) < 4.78 is 5.49. The quantitative estimate of drug-likeness (QED) is 0.904. The Kier molecular flexibility index (Phi) is 4.80. The summed E-state index contributed by atoms with van der Waals surface area (Å²) in [7, 11) is 0. The summed E-state index contributed by atoms with van der Waals surface area (Å²) >= 11 is 0. The number of hydrogen-bond donors (Lipinski definition) is 1. The van der Waals surface area contributed by atoms with Gasteiger partial charge in [0.15, 0.2) is 0 Å². The SMILES string of the molecule is CCCOc1ccc(C(=O)N2CCCC(O)C2)cc1. The lowest BCUT2D eigenvalue weighted by atomic mass is 10.1. The highest BCUT2D eigenvalue weighted by Gasteiger charge is 2.22. The van der Waals surface area contributed by atoms with Crippen LogP contribution in [0.25, 0.3) is 0 Å². The van der Waals surface area contributed by atoms with Gasteiger partial charge in [-0.25, -0.2) is 0 Å². The first-order valence-electron chi connectivity index (χ1n) is 6.91. The van der Waals surface area contributed by atoms with Crippen LogP contribution in [0.3, 0.4) is 0 Å². The second-order valence-electron chi connectivity index (χ2n) is 4.92. The molecule has 104 valence electrons. The minimum absolute atomic E-state index is 0.0132. The lowest BCUT2D eigenvalue weighted by Crippen LogP contribution is -2.42. The average Bonchev–Trinajstić information content (AvgIpc) is 2.45. The third kappa shape index (κ3) is 3.70. The number of benzene rings is 1. The summed E-state index contributed by atoms with van der Waals surface area (Å²) in [5.74, 6) is 0.776. The summed E-state index contributed by atoms with van der Waals surface area (Å²) in [6, 6.07) is 7.22. The monoisotopic (exact) mass is 263 g/mol. The number of carbonyl (C=O) groups is 1. The molecule has 2 rings (SSSR count). The summed E-state index contributed by atoms with van der Waals surface area (Å²) in [5, 5.41) is 9.60. The molecule has 1 N–H and O–H groups in total. The van der Waals surface area contributed by atoms with E-state index in [0.717, 1.165) is 31.6 Å². The van der Waals surface area contributed by atoms with E-state index in [1.165, 1.54) is 0 Å². The molecule has 1 aliphatic rings. The van der Waals surface area contributed by atoms with Crippen molar-refractivity contribution in [3.8, 4) is 5.75 Å². The van der Waals surface area contributed by atoms with Crippen molar-refractivity contribution in [3.63, 3.8) is 0 Å². The van der Waals surface area contributed by atoms with Crippen molar-refractivity contribution >= 4 is 5.91 Å². The number of nitrogens with zero attached hydrogens (tertiary/aromatic N) is 1. The second-order valence-corrected chi connectivity index (χ2v) is 4.92. The number of ether oxygens (including phenoxy) is 1. The molecule has 4 nitrogen and oxygen atoms in total. The maximum absolute atomic E-state index is 12.2. The van der Waals surface area contributed by atoms with E-state index >= 15 is 0 Å². The Morgan fingerprint density at radius 3 is 2.79 bits per heavy atom. The third-order valence-electron chi connectivity index (χ3n) is 3.26. The van der Waals surface area contributed by atoms with Crippen molar-refractivity contribution in [1.82, 2.24) is 4.90 Å². The Hall–Kier alpha value is -1.55. The van der Waals surface area contributed by atoms with Crippen molar-refractivity contribution in [2.45, 2.75) is 32.3 Å². The smallest absolute Gasteiger partial charge is 0.253 e. The fraction of sp³-hybridized carbons (Fsp3) is 0.533. The van der Waals surface area contributed by atoms with Crippen LogP contribution < -0.4 is 4.74 Å². The summed E-state index contributed by atoms with van der Waals surface area (Å²) in [5.41, 5.74) is 0.651. The van der Waals surface area contributed by atoms with Gasteiger partial charge in [-0.3, -0.25) is 4.79 Å². The fourth-order valence-electron chi connectivity index (χ4n) is 2.24. The highest BCUT2D eigenvalue weighted by molar-refractivity contribution is 5.94. The van der Waals surface area contributed by atoms with Crippen molar-refractivity contribution in [3.05, 3.63) is 29.8 Å². The van der Waals surface area contributed by atoms with E-state index in [-0.39, 0.29) is 12.0 Å². The molecule has 0 aliphatic carbocycles. The van der Waals surface area contributed by atoms with Crippen LogP contribution in [0.15, 0.2) is 24.3 Å². The van der Waals surface area contributed by atoms with Gasteiger partial charge in [0.2, 0.25) is 0 Å². The number of carbonyl (C=O) groups excluding carboxylic acids is 1. The zero-order chi connectivity index (χ0) is 13.7. The Balaban J connectivity index is 1.98. The number of rotatable bonds is 4. The van der Waals surface area contributed by atoms with Gasteiger partial charge in [-0.2, -0.15) is 0 Å². The number of piperidine rings is 1. The molecule has 1 unspecified atom stereocenters. The minimum atomic E-state index is -0.384. The van der Waals surface area contributed by atoms with Crippen LogP contribution >= 0.6 is 0 Å². The number of hydrogen-bond acceptors (Lipinski definition) is 3. The van der Waals surface area contributed by atoms with Crippen molar-refractivity contribution in [2.24, 2.45) is 0 Å². The molecule has 1 amide bonds. The molecule has 1 saturated heterocycles. The largest absolute Gasteiger partial charge is 0.494 e. The highest BCUT2D eigenvalue weighted by atomic mass is 16.5. The number of aliphatic hydroxyl groups excluding tert-OH is 1. The molecular formula is C15H21NO3. The molecule has 1 atom stereocenters. The van der Waals surface area contributed by atoms with Crippen LogP contribution in [0.2, 0.25) is 0 Å². The molecule has 1 aromatic rings. The molecule has 0 aromatic heterocycles. The van der Waals surface area contributed by atoms with Gasteiger partial charge < -0.3 is 14.7 Å². The Bertz CT molecular complexity index is 416.